The maximum Gasteiger partial charge on any atom is 0.267 e. The zero-order valence-electron chi connectivity index (χ0n) is 12.0. The van der Waals surface area contributed by atoms with Gasteiger partial charge in [0.25, 0.3) is 5.91 Å². The number of nitriles is 1. The van der Waals surface area contributed by atoms with Crippen molar-refractivity contribution in [2.24, 2.45) is 0 Å². The van der Waals surface area contributed by atoms with Crippen LogP contribution in [0, 0.1) is 18.3 Å². The van der Waals surface area contributed by atoms with Gasteiger partial charge in [-0.15, -0.1) is 0 Å². The van der Waals surface area contributed by atoms with Crippen LogP contribution < -0.4 is 16.4 Å². The SMILES string of the molecule is Cc1cccc(N/C=C(/C#N)C(=O)Nc2ccc(N)cc2)n1. The summed E-state index contributed by atoms with van der Waals surface area (Å²) in [7, 11) is 0. The highest BCUT2D eigenvalue weighted by Gasteiger charge is 2.09. The minimum atomic E-state index is -0.507. The Balaban J connectivity index is 2.07. The van der Waals surface area contributed by atoms with E-state index in [4.69, 9.17) is 11.0 Å². The van der Waals surface area contributed by atoms with Crippen LogP contribution in [0.2, 0.25) is 0 Å². The number of aromatic nitrogens is 1. The number of hydrogen-bond donors (Lipinski definition) is 3. The molecule has 0 aliphatic rings. The van der Waals surface area contributed by atoms with Crippen molar-refractivity contribution in [3.8, 4) is 6.07 Å². The lowest BCUT2D eigenvalue weighted by Gasteiger charge is -2.05. The molecule has 0 fully saturated rings. The molecule has 1 aromatic carbocycles. The van der Waals surface area contributed by atoms with Gasteiger partial charge in [0.1, 0.15) is 17.5 Å². The summed E-state index contributed by atoms with van der Waals surface area (Å²) in [5.41, 5.74) is 7.52. The molecule has 1 aromatic heterocycles. The highest BCUT2D eigenvalue weighted by molar-refractivity contribution is 6.06. The fraction of sp³-hybridized carbons (Fsp3) is 0.0625. The first kappa shape index (κ1) is 15.1. The van der Waals surface area contributed by atoms with Crippen molar-refractivity contribution in [2.75, 3.05) is 16.4 Å². The van der Waals surface area contributed by atoms with Gasteiger partial charge in [-0.1, -0.05) is 6.07 Å². The number of nitrogens with zero attached hydrogens (tertiary/aromatic N) is 2. The summed E-state index contributed by atoms with van der Waals surface area (Å²) < 4.78 is 0. The van der Waals surface area contributed by atoms with Gasteiger partial charge in [0.2, 0.25) is 0 Å². The minimum Gasteiger partial charge on any atom is -0.399 e. The number of pyridine rings is 1. The lowest BCUT2D eigenvalue weighted by Crippen LogP contribution is -2.14. The van der Waals surface area contributed by atoms with Crippen molar-refractivity contribution in [1.82, 2.24) is 4.98 Å². The second-order valence-electron chi connectivity index (χ2n) is 4.55. The van der Waals surface area contributed by atoms with Crippen LogP contribution in [0.5, 0.6) is 0 Å². The van der Waals surface area contributed by atoms with E-state index in [1.54, 1.807) is 30.3 Å². The molecule has 1 heterocycles. The molecule has 2 aromatic rings. The van der Waals surface area contributed by atoms with Crippen molar-refractivity contribution < 1.29 is 4.79 Å². The van der Waals surface area contributed by atoms with Crippen LogP contribution in [0.25, 0.3) is 0 Å². The van der Waals surface area contributed by atoms with Crippen LogP contribution in [0.3, 0.4) is 0 Å². The maximum atomic E-state index is 12.0. The van der Waals surface area contributed by atoms with Crippen molar-refractivity contribution >= 4 is 23.1 Å². The summed E-state index contributed by atoms with van der Waals surface area (Å²) in [5, 5.41) is 14.5. The predicted octanol–water partition coefficient (Wildman–Crippen LogP) is 2.43. The summed E-state index contributed by atoms with van der Waals surface area (Å²) >= 11 is 0. The molecule has 0 saturated carbocycles. The number of nitrogens with one attached hydrogen (secondary N) is 2. The Hall–Kier alpha value is -3.33. The van der Waals surface area contributed by atoms with E-state index in [-0.39, 0.29) is 5.57 Å². The molecule has 6 nitrogen and oxygen atoms in total. The van der Waals surface area contributed by atoms with Crippen molar-refractivity contribution in [2.45, 2.75) is 6.92 Å². The monoisotopic (exact) mass is 293 g/mol. The largest absolute Gasteiger partial charge is 0.399 e. The lowest BCUT2D eigenvalue weighted by molar-refractivity contribution is -0.112. The summed E-state index contributed by atoms with van der Waals surface area (Å²) in [6.07, 6.45) is 1.33. The normalized spacial score (nSPS) is 10.6. The number of hydrogen-bond acceptors (Lipinski definition) is 5. The number of amides is 1. The third-order valence-electron chi connectivity index (χ3n) is 2.79. The number of nitrogen functional groups attached to an aromatic ring is 1. The van der Waals surface area contributed by atoms with Crippen molar-refractivity contribution in [1.29, 1.82) is 5.26 Å². The van der Waals surface area contributed by atoms with Gasteiger partial charge in [0, 0.05) is 23.3 Å². The number of nitrogens with two attached hydrogens (primary N) is 1. The summed E-state index contributed by atoms with van der Waals surface area (Å²) in [6.45, 7) is 1.86. The third-order valence-corrected chi connectivity index (χ3v) is 2.79. The van der Waals surface area contributed by atoms with Gasteiger partial charge in [-0.3, -0.25) is 4.79 Å². The van der Waals surface area contributed by atoms with Gasteiger partial charge in [-0.2, -0.15) is 5.26 Å². The van der Waals surface area contributed by atoms with Gasteiger partial charge in [0.15, 0.2) is 0 Å². The zero-order chi connectivity index (χ0) is 15.9. The molecule has 0 aliphatic heterocycles. The molecule has 0 radical (unpaired) electrons. The van der Waals surface area contributed by atoms with Crippen LogP contribution >= 0.6 is 0 Å². The lowest BCUT2D eigenvalue weighted by atomic mass is 10.2. The van der Waals surface area contributed by atoms with E-state index in [2.05, 4.69) is 15.6 Å². The molecular formula is C16H15N5O. The average molecular weight is 293 g/mol. The van der Waals surface area contributed by atoms with E-state index in [0.717, 1.165) is 5.69 Å². The number of carbonyl (C=O) groups excluding carboxylic acids is 1. The van der Waals surface area contributed by atoms with E-state index in [9.17, 15) is 4.79 Å². The Labute approximate surface area is 128 Å². The number of aryl methyl sites for hydroxylation is 1. The molecule has 0 atom stereocenters. The van der Waals surface area contributed by atoms with Crippen LogP contribution in [0.15, 0.2) is 54.2 Å². The molecule has 0 aliphatic carbocycles. The molecule has 0 bridgehead atoms. The summed E-state index contributed by atoms with van der Waals surface area (Å²) in [5.74, 6) is 0.0560. The van der Waals surface area contributed by atoms with E-state index in [1.807, 2.05) is 25.1 Å². The van der Waals surface area contributed by atoms with Gasteiger partial charge < -0.3 is 16.4 Å². The number of anilines is 3. The van der Waals surface area contributed by atoms with Gasteiger partial charge in [-0.25, -0.2) is 4.98 Å². The Bertz CT molecular complexity index is 744. The zero-order valence-corrected chi connectivity index (χ0v) is 12.0. The van der Waals surface area contributed by atoms with E-state index in [1.165, 1.54) is 6.20 Å². The standard InChI is InChI=1S/C16H15N5O/c1-11-3-2-4-15(20-11)19-10-12(9-17)16(22)21-14-7-5-13(18)6-8-14/h2-8,10H,18H2,1H3,(H,19,20)(H,21,22)/b12-10-. The highest BCUT2D eigenvalue weighted by Crippen LogP contribution is 2.12. The summed E-state index contributed by atoms with van der Waals surface area (Å²) in [6, 6.07) is 13.9. The number of rotatable bonds is 4. The van der Waals surface area contributed by atoms with Gasteiger partial charge in [0.05, 0.1) is 0 Å². The van der Waals surface area contributed by atoms with Crippen LogP contribution in [-0.2, 0) is 4.79 Å². The Morgan fingerprint density at radius 2 is 2.00 bits per heavy atom. The number of carbonyl (C=O) groups is 1. The Morgan fingerprint density at radius 3 is 2.64 bits per heavy atom. The summed E-state index contributed by atoms with van der Waals surface area (Å²) in [4.78, 5) is 16.2. The quantitative estimate of drug-likeness (QED) is 0.456. The molecule has 0 unspecified atom stereocenters. The van der Waals surface area contributed by atoms with Crippen LogP contribution in [0.4, 0.5) is 17.2 Å². The topological polar surface area (TPSA) is 104 Å². The minimum absolute atomic E-state index is 0.0554. The molecule has 110 valence electrons. The first-order valence-electron chi connectivity index (χ1n) is 6.56. The van der Waals surface area contributed by atoms with Gasteiger partial charge in [-0.05, 0) is 43.3 Å². The second-order valence-corrected chi connectivity index (χ2v) is 4.55. The number of benzene rings is 1. The fourth-order valence-corrected chi connectivity index (χ4v) is 1.68. The molecule has 0 spiro atoms. The molecule has 22 heavy (non-hydrogen) atoms. The van der Waals surface area contributed by atoms with Crippen LogP contribution in [-0.4, -0.2) is 10.9 Å². The fourth-order valence-electron chi connectivity index (χ4n) is 1.68. The molecular weight excluding hydrogens is 278 g/mol. The third kappa shape index (κ3) is 4.08. The average Bonchev–Trinajstić information content (AvgIpc) is 2.50. The molecule has 1 amide bonds. The van der Waals surface area contributed by atoms with E-state index in [0.29, 0.717) is 17.2 Å². The maximum absolute atomic E-state index is 12.0. The molecule has 0 saturated heterocycles. The molecule has 6 heteroatoms. The Kier molecular flexibility index (Phi) is 4.73. The second kappa shape index (κ2) is 6.90. The molecule has 4 N–H and O–H groups in total. The molecule has 2 rings (SSSR count). The highest BCUT2D eigenvalue weighted by atomic mass is 16.1. The predicted molar refractivity (Wildman–Crippen MR) is 85.8 cm³/mol. The van der Waals surface area contributed by atoms with E-state index >= 15 is 0 Å². The smallest absolute Gasteiger partial charge is 0.267 e. The Morgan fingerprint density at radius 1 is 1.27 bits per heavy atom. The first-order valence-corrected chi connectivity index (χ1v) is 6.56. The van der Waals surface area contributed by atoms with Crippen LogP contribution in [0.1, 0.15) is 5.69 Å². The van der Waals surface area contributed by atoms with Gasteiger partial charge >= 0.3 is 0 Å². The van der Waals surface area contributed by atoms with E-state index < -0.39 is 5.91 Å². The van der Waals surface area contributed by atoms with Crippen molar-refractivity contribution in [3.63, 3.8) is 0 Å². The van der Waals surface area contributed by atoms with Crippen molar-refractivity contribution in [3.05, 3.63) is 59.9 Å². The first-order chi connectivity index (χ1) is 10.6.